The molecule has 5 nitrogen and oxygen atoms in total. The molecular formula is C19H16O5. The van der Waals surface area contributed by atoms with Crippen molar-refractivity contribution in [1.29, 1.82) is 0 Å². The SMILES string of the molecule is COc1ccc2c(c1)oc1c3ccc(OC(C)C)cc3oc(=O)c21. The number of ether oxygens (including phenoxy) is 2. The largest absolute Gasteiger partial charge is 0.497 e. The van der Waals surface area contributed by atoms with Gasteiger partial charge in [0.15, 0.2) is 5.58 Å². The van der Waals surface area contributed by atoms with Crippen LogP contribution >= 0.6 is 0 Å². The molecule has 0 atom stereocenters. The molecule has 5 heteroatoms. The van der Waals surface area contributed by atoms with Gasteiger partial charge in [0, 0.05) is 17.5 Å². The molecule has 0 aliphatic carbocycles. The number of benzene rings is 2. The standard InChI is InChI=1S/C19H16O5/c1-10(2)22-12-5-7-14-16(9-12)24-19(20)17-13-6-4-11(21-3)8-15(13)23-18(14)17/h4-10H,1-3H3. The maximum absolute atomic E-state index is 12.5. The highest BCUT2D eigenvalue weighted by Crippen LogP contribution is 2.34. The number of furan rings is 1. The molecule has 4 rings (SSSR count). The van der Waals surface area contributed by atoms with Gasteiger partial charge in [0.25, 0.3) is 0 Å². The predicted octanol–water partition coefficient (Wildman–Crippen LogP) is 4.49. The third-order valence-electron chi connectivity index (χ3n) is 3.87. The number of hydrogen-bond donors (Lipinski definition) is 0. The van der Waals surface area contributed by atoms with E-state index in [1.54, 1.807) is 31.4 Å². The lowest BCUT2D eigenvalue weighted by Crippen LogP contribution is -2.05. The second-order valence-corrected chi connectivity index (χ2v) is 5.88. The van der Waals surface area contributed by atoms with Gasteiger partial charge in [-0.1, -0.05) is 0 Å². The van der Waals surface area contributed by atoms with Crippen molar-refractivity contribution < 1.29 is 18.3 Å². The molecule has 0 bridgehead atoms. The van der Waals surface area contributed by atoms with Gasteiger partial charge in [-0.05, 0) is 38.1 Å². The Morgan fingerprint density at radius 2 is 1.58 bits per heavy atom. The minimum Gasteiger partial charge on any atom is -0.497 e. The van der Waals surface area contributed by atoms with Crippen LogP contribution in [-0.4, -0.2) is 13.2 Å². The lowest BCUT2D eigenvalue weighted by atomic mass is 10.1. The molecule has 0 aliphatic rings. The van der Waals surface area contributed by atoms with Crippen molar-refractivity contribution in [2.45, 2.75) is 20.0 Å². The zero-order chi connectivity index (χ0) is 16.8. The molecule has 0 aliphatic heterocycles. The van der Waals surface area contributed by atoms with Crippen LogP contribution in [0.15, 0.2) is 50.0 Å². The van der Waals surface area contributed by atoms with Crippen molar-refractivity contribution in [3.05, 3.63) is 46.8 Å². The third kappa shape index (κ3) is 2.21. The van der Waals surface area contributed by atoms with Crippen LogP contribution in [0, 0.1) is 0 Å². The monoisotopic (exact) mass is 324 g/mol. The zero-order valence-electron chi connectivity index (χ0n) is 13.6. The van der Waals surface area contributed by atoms with Crippen molar-refractivity contribution in [3.63, 3.8) is 0 Å². The first-order valence-electron chi connectivity index (χ1n) is 7.70. The minimum absolute atomic E-state index is 0.0385. The highest BCUT2D eigenvalue weighted by Gasteiger charge is 2.17. The van der Waals surface area contributed by atoms with Gasteiger partial charge in [-0.2, -0.15) is 0 Å². The quantitative estimate of drug-likeness (QED) is 0.520. The van der Waals surface area contributed by atoms with E-state index in [2.05, 4.69) is 0 Å². The Hall–Kier alpha value is -2.95. The number of methoxy groups -OCH3 is 1. The normalized spacial score (nSPS) is 11.7. The molecule has 0 amide bonds. The Kier molecular flexibility index (Phi) is 3.23. The topological polar surface area (TPSA) is 61.8 Å². The maximum Gasteiger partial charge on any atom is 0.348 e. The molecule has 0 radical (unpaired) electrons. The molecular weight excluding hydrogens is 308 g/mol. The van der Waals surface area contributed by atoms with E-state index in [-0.39, 0.29) is 6.10 Å². The van der Waals surface area contributed by atoms with Gasteiger partial charge in [0.1, 0.15) is 28.1 Å². The second kappa shape index (κ2) is 5.30. The lowest BCUT2D eigenvalue weighted by molar-refractivity contribution is 0.242. The van der Waals surface area contributed by atoms with Crippen LogP contribution in [0.5, 0.6) is 11.5 Å². The highest BCUT2D eigenvalue weighted by molar-refractivity contribution is 6.13. The predicted molar refractivity (Wildman–Crippen MR) is 92.1 cm³/mol. The molecule has 4 aromatic rings. The molecule has 2 heterocycles. The third-order valence-corrected chi connectivity index (χ3v) is 3.87. The smallest absolute Gasteiger partial charge is 0.348 e. The summed E-state index contributed by atoms with van der Waals surface area (Å²) in [6.45, 7) is 3.88. The summed E-state index contributed by atoms with van der Waals surface area (Å²) >= 11 is 0. The Bertz CT molecular complexity index is 1120. The van der Waals surface area contributed by atoms with Crippen LogP contribution in [0.1, 0.15) is 13.8 Å². The van der Waals surface area contributed by atoms with Crippen LogP contribution in [-0.2, 0) is 0 Å². The Morgan fingerprint density at radius 3 is 2.33 bits per heavy atom. The number of fused-ring (bicyclic) bond motifs is 5. The van der Waals surface area contributed by atoms with Gasteiger partial charge < -0.3 is 18.3 Å². The molecule has 24 heavy (non-hydrogen) atoms. The van der Waals surface area contributed by atoms with Crippen LogP contribution in [0.2, 0.25) is 0 Å². The van der Waals surface area contributed by atoms with Crippen LogP contribution in [0.25, 0.3) is 32.9 Å². The number of rotatable bonds is 3. The van der Waals surface area contributed by atoms with Gasteiger partial charge >= 0.3 is 5.63 Å². The van der Waals surface area contributed by atoms with Crippen molar-refractivity contribution in [2.75, 3.05) is 7.11 Å². The summed E-state index contributed by atoms with van der Waals surface area (Å²) in [6.07, 6.45) is 0.0385. The Morgan fingerprint density at radius 1 is 0.917 bits per heavy atom. The first-order valence-corrected chi connectivity index (χ1v) is 7.70. The summed E-state index contributed by atoms with van der Waals surface area (Å²) in [5, 5.41) is 1.89. The molecule has 122 valence electrons. The van der Waals surface area contributed by atoms with Gasteiger partial charge in [-0.25, -0.2) is 4.79 Å². The van der Waals surface area contributed by atoms with E-state index in [0.717, 1.165) is 5.39 Å². The molecule has 0 N–H and O–H groups in total. The van der Waals surface area contributed by atoms with Crippen LogP contribution in [0.3, 0.4) is 0 Å². The van der Waals surface area contributed by atoms with Crippen LogP contribution in [0.4, 0.5) is 0 Å². The van der Waals surface area contributed by atoms with Gasteiger partial charge in [0.05, 0.1) is 18.6 Å². The van der Waals surface area contributed by atoms with Crippen molar-refractivity contribution >= 4 is 32.9 Å². The molecule has 0 saturated heterocycles. The number of hydrogen-bond acceptors (Lipinski definition) is 5. The molecule has 0 unspecified atom stereocenters. The fraction of sp³-hybridized carbons (Fsp3) is 0.211. The van der Waals surface area contributed by atoms with Crippen molar-refractivity contribution in [1.82, 2.24) is 0 Å². The Labute approximate surface area is 137 Å². The average Bonchev–Trinajstić information content (AvgIpc) is 2.93. The van der Waals surface area contributed by atoms with E-state index in [4.69, 9.17) is 18.3 Å². The fourth-order valence-electron chi connectivity index (χ4n) is 2.87. The van der Waals surface area contributed by atoms with E-state index >= 15 is 0 Å². The fourth-order valence-corrected chi connectivity index (χ4v) is 2.87. The first-order chi connectivity index (χ1) is 11.6. The summed E-state index contributed by atoms with van der Waals surface area (Å²) in [7, 11) is 1.59. The lowest BCUT2D eigenvalue weighted by Gasteiger charge is -2.09. The van der Waals surface area contributed by atoms with Crippen molar-refractivity contribution in [2.24, 2.45) is 0 Å². The van der Waals surface area contributed by atoms with Crippen LogP contribution < -0.4 is 15.1 Å². The van der Waals surface area contributed by atoms with Gasteiger partial charge in [-0.3, -0.25) is 0 Å². The molecule has 2 aromatic carbocycles. The van der Waals surface area contributed by atoms with Crippen molar-refractivity contribution in [3.8, 4) is 11.5 Å². The minimum atomic E-state index is -0.428. The zero-order valence-corrected chi connectivity index (χ0v) is 13.6. The first kappa shape index (κ1) is 14.6. The summed E-state index contributed by atoms with van der Waals surface area (Å²) in [5.41, 5.74) is 1.12. The Balaban J connectivity index is 2.04. The summed E-state index contributed by atoms with van der Waals surface area (Å²) < 4.78 is 22.3. The van der Waals surface area contributed by atoms with E-state index in [9.17, 15) is 4.79 Å². The highest BCUT2D eigenvalue weighted by atomic mass is 16.5. The van der Waals surface area contributed by atoms with Gasteiger partial charge in [0.2, 0.25) is 0 Å². The molecule has 0 fully saturated rings. The summed E-state index contributed by atoms with van der Waals surface area (Å²) in [5.74, 6) is 1.32. The second-order valence-electron chi connectivity index (χ2n) is 5.88. The summed E-state index contributed by atoms with van der Waals surface area (Å²) in [6, 6.07) is 10.8. The molecule has 0 spiro atoms. The molecule has 0 saturated carbocycles. The van der Waals surface area contributed by atoms with E-state index in [1.807, 2.05) is 26.0 Å². The molecule has 2 aromatic heterocycles. The van der Waals surface area contributed by atoms with E-state index in [1.165, 1.54) is 0 Å². The average molecular weight is 324 g/mol. The summed E-state index contributed by atoms with van der Waals surface area (Å²) in [4.78, 5) is 12.5. The van der Waals surface area contributed by atoms with Gasteiger partial charge in [-0.15, -0.1) is 0 Å². The van der Waals surface area contributed by atoms with E-state index < -0.39 is 5.63 Å². The van der Waals surface area contributed by atoms with E-state index in [0.29, 0.717) is 39.0 Å². The maximum atomic E-state index is 12.5.